The summed E-state index contributed by atoms with van der Waals surface area (Å²) in [4.78, 5) is -0.408. The predicted octanol–water partition coefficient (Wildman–Crippen LogP) is 1.12. The minimum absolute atomic E-state index is 0.0548. The van der Waals surface area contributed by atoms with E-state index < -0.39 is 34.0 Å². The molecule has 0 amide bonds. The number of alkyl halides is 2. The first-order valence-electron chi connectivity index (χ1n) is 4.93. The molecule has 5 nitrogen and oxygen atoms in total. The van der Waals surface area contributed by atoms with Crippen LogP contribution in [0.3, 0.4) is 0 Å². The van der Waals surface area contributed by atoms with Crippen LogP contribution in [0.25, 0.3) is 0 Å². The Bertz CT molecular complexity index is 601. The summed E-state index contributed by atoms with van der Waals surface area (Å²) in [6.07, 6.45) is -5.18. The van der Waals surface area contributed by atoms with E-state index in [9.17, 15) is 17.2 Å². The molecule has 0 aromatic heterocycles. The van der Waals surface area contributed by atoms with E-state index in [-0.39, 0.29) is 10.6 Å². The summed E-state index contributed by atoms with van der Waals surface area (Å²) in [5.74, 6) is 0. The maximum absolute atomic E-state index is 12.0. The van der Waals surface area contributed by atoms with E-state index in [0.29, 0.717) is 0 Å². The monoisotopic (exact) mass is 310 g/mol. The number of hydrogen-bond donors (Lipinski definition) is 2. The van der Waals surface area contributed by atoms with Crippen LogP contribution in [0.15, 0.2) is 23.1 Å². The molecule has 1 atom stereocenters. The van der Waals surface area contributed by atoms with Crippen molar-refractivity contribution in [3.05, 3.63) is 28.8 Å². The second-order valence-electron chi connectivity index (χ2n) is 3.51. The van der Waals surface area contributed by atoms with Crippen molar-refractivity contribution < 1.29 is 22.3 Å². The topological polar surface area (TPSA) is 90.2 Å². The van der Waals surface area contributed by atoms with Gasteiger partial charge in [0, 0.05) is 6.54 Å². The molecule has 0 saturated heterocycles. The van der Waals surface area contributed by atoms with Crippen LogP contribution < -0.4 is 4.72 Å². The van der Waals surface area contributed by atoms with Gasteiger partial charge in [0.05, 0.1) is 16.7 Å². The number of rotatable bonds is 5. The van der Waals surface area contributed by atoms with Crippen LogP contribution in [0.1, 0.15) is 5.56 Å². The molecule has 0 aliphatic carbocycles. The third-order valence-corrected chi connectivity index (χ3v) is 4.03. The molecule has 1 rings (SSSR count). The van der Waals surface area contributed by atoms with Gasteiger partial charge in [-0.15, -0.1) is 0 Å². The first-order valence-corrected chi connectivity index (χ1v) is 6.79. The number of sulfonamides is 1. The van der Waals surface area contributed by atoms with Crippen LogP contribution in [0.5, 0.6) is 0 Å². The molecular weight excluding hydrogens is 302 g/mol. The van der Waals surface area contributed by atoms with E-state index in [1.165, 1.54) is 12.1 Å². The first-order chi connectivity index (χ1) is 8.77. The van der Waals surface area contributed by atoms with Crippen molar-refractivity contribution in [1.29, 1.82) is 5.26 Å². The van der Waals surface area contributed by atoms with Gasteiger partial charge >= 0.3 is 0 Å². The normalized spacial score (nSPS) is 13.3. The fourth-order valence-corrected chi connectivity index (χ4v) is 2.72. The average molecular weight is 311 g/mol. The second kappa shape index (κ2) is 6.25. The van der Waals surface area contributed by atoms with Gasteiger partial charge in [0.2, 0.25) is 10.0 Å². The highest BCUT2D eigenvalue weighted by molar-refractivity contribution is 7.89. The molecular formula is C10H9ClF2N2O3S. The Balaban J connectivity index is 2.98. The van der Waals surface area contributed by atoms with Crippen LogP contribution in [0, 0.1) is 11.3 Å². The minimum Gasteiger partial charge on any atom is -0.386 e. The lowest BCUT2D eigenvalue weighted by Crippen LogP contribution is -2.35. The van der Waals surface area contributed by atoms with Crippen LogP contribution >= 0.6 is 11.6 Å². The van der Waals surface area contributed by atoms with Gasteiger partial charge in [0.1, 0.15) is 11.0 Å². The lowest BCUT2D eigenvalue weighted by Gasteiger charge is -2.12. The van der Waals surface area contributed by atoms with Gasteiger partial charge in [0.15, 0.2) is 0 Å². The highest BCUT2D eigenvalue weighted by Crippen LogP contribution is 2.22. The number of benzene rings is 1. The molecule has 0 radical (unpaired) electrons. The third kappa shape index (κ3) is 4.11. The van der Waals surface area contributed by atoms with E-state index >= 15 is 0 Å². The summed E-state index contributed by atoms with van der Waals surface area (Å²) in [6, 6.07) is 5.26. The van der Waals surface area contributed by atoms with Gasteiger partial charge < -0.3 is 5.11 Å². The van der Waals surface area contributed by atoms with Crippen molar-refractivity contribution >= 4 is 21.6 Å². The summed E-state index contributed by atoms with van der Waals surface area (Å²) >= 11 is 5.68. The highest BCUT2D eigenvalue weighted by Gasteiger charge is 2.23. The van der Waals surface area contributed by atoms with Crippen molar-refractivity contribution in [3.63, 3.8) is 0 Å². The molecule has 1 aromatic carbocycles. The lowest BCUT2D eigenvalue weighted by molar-refractivity contribution is -0.000451. The molecule has 0 heterocycles. The van der Waals surface area contributed by atoms with Crippen molar-refractivity contribution in [2.24, 2.45) is 0 Å². The Labute approximate surface area is 113 Å². The number of nitrogens with one attached hydrogen (secondary N) is 1. The largest absolute Gasteiger partial charge is 0.386 e. The summed E-state index contributed by atoms with van der Waals surface area (Å²) in [6.45, 7) is -0.854. The molecule has 104 valence electrons. The smallest absolute Gasteiger partial charge is 0.265 e. The summed E-state index contributed by atoms with van der Waals surface area (Å²) < 4.78 is 49.5. The molecule has 0 aliphatic heterocycles. The molecule has 1 aromatic rings. The van der Waals surface area contributed by atoms with E-state index in [2.05, 4.69) is 0 Å². The maximum atomic E-state index is 12.0. The fraction of sp³-hybridized carbons (Fsp3) is 0.300. The maximum Gasteiger partial charge on any atom is 0.265 e. The molecule has 0 spiro atoms. The van der Waals surface area contributed by atoms with Gasteiger partial charge in [-0.05, 0) is 18.2 Å². The van der Waals surface area contributed by atoms with Gasteiger partial charge in [-0.1, -0.05) is 11.6 Å². The SMILES string of the molecule is N#Cc1ccc(Cl)c(S(=O)(=O)NCC(O)C(F)F)c1. The van der Waals surface area contributed by atoms with Gasteiger partial charge in [-0.3, -0.25) is 0 Å². The van der Waals surface area contributed by atoms with Gasteiger partial charge in [-0.25, -0.2) is 21.9 Å². The average Bonchev–Trinajstić information content (AvgIpc) is 2.36. The van der Waals surface area contributed by atoms with Crippen LogP contribution in [-0.2, 0) is 10.0 Å². The lowest BCUT2D eigenvalue weighted by atomic mass is 10.2. The van der Waals surface area contributed by atoms with Crippen LogP contribution in [-0.4, -0.2) is 32.6 Å². The zero-order valence-electron chi connectivity index (χ0n) is 9.35. The first kappa shape index (κ1) is 15.8. The summed E-state index contributed by atoms with van der Waals surface area (Å²) in [5.41, 5.74) is 0.0548. The molecule has 0 saturated carbocycles. The van der Waals surface area contributed by atoms with Crippen molar-refractivity contribution in [2.75, 3.05) is 6.54 Å². The Hall–Kier alpha value is -1.27. The van der Waals surface area contributed by atoms with E-state index in [4.69, 9.17) is 22.0 Å². The van der Waals surface area contributed by atoms with Gasteiger partial charge in [0.25, 0.3) is 6.43 Å². The van der Waals surface area contributed by atoms with Crippen molar-refractivity contribution in [1.82, 2.24) is 4.72 Å². The Morgan fingerprint density at radius 3 is 2.63 bits per heavy atom. The number of nitriles is 1. The minimum atomic E-state index is -4.18. The van der Waals surface area contributed by atoms with Gasteiger partial charge in [-0.2, -0.15) is 5.26 Å². The molecule has 2 N–H and O–H groups in total. The molecule has 9 heteroatoms. The second-order valence-corrected chi connectivity index (χ2v) is 5.65. The molecule has 19 heavy (non-hydrogen) atoms. The quantitative estimate of drug-likeness (QED) is 0.852. The number of halogens is 3. The fourth-order valence-electron chi connectivity index (χ4n) is 1.14. The number of hydrogen-bond acceptors (Lipinski definition) is 4. The third-order valence-electron chi connectivity index (χ3n) is 2.12. The molecule has 0 fully saturated rings. The standard InChI is InChI=1S/C10H9ClF2N2O3S/c11-7-2-1-6(4-14)3-9(7)19(17,18)15-5-8(16)10(12)13/h1-3,8,10,15-16H,5H2. The van der Waals surface area contributed by atoms with Crippen LogP contribution in [0.4, 0.5) is 8.78 Å². The summed E-state index contributed by atoms with van der Waals surface area (Å²) in [7, 11) is -4.18. The predicted molar refractivity (Wildman–Crippen MR) is 63.4 cm³/mol. The Morgan fingerprint density at radius 2 is 2.11 bits per heavy atom. The zero-order chi connectivity index (χ0) is 14.6. The Kier molecular flexibility index (Phi) is 5.20. The van der Waals surface area contributed by atoms with E-state index in [1.807, 2.05) is 0 Å². The highest BCUT2D eigenvalue weighted by atomic mass is 35.5. The number of aliphatic hydroxyl groups excluding tert-OH is 1. The van der Waals surface area contributed by atoms with E-state index in [1.54, 1.807) is 10.8 Å². The number of aliphatic hydroxyl groups is 1. The summed E-state index contributed by atoms with van der Waals surface area (Å²) in [5, 5.41) is 17.4. The van der Waals surface area contributed by atoms with Crippen molar-refractivity contribution in [2.45, 2.75) is 17.4 Å². The van der Waals surface area contributed by atoms with Crippen molar-refractivity contribution in [3.8, 4) is 6.07 Å². The zero-order valence-corrected chi connectivity index (χ0v) is 10.9. The van der Waals surface area contributed by atoms with E-state index in [0.717, 1.165) is 6.07 Å². The Morgan fingerprint density at radius 1 is 1.47 bits per heavy atom. The molecule has 0 bridgehead atoms. The number of nitrogens with zero attached hydrogens (tertiary/aromatic N) is 1. The molecule has 0 aliphatic rings. The van der Waals surface area contributed by atoms with Crippen LogP contribution in [0.2, 0.25) is 5.02 Å². The molecule has 1 unspecified atom stereocenters.